The highest BCUT2D eigenvalue weighted by atomic mass is 16.5. The molecular weight excluding hydrogens is 220 g/mol. The number of urea groups is 1. The van der Waals surface area contributed by atoms with Crippen LogP contribution in [0.4, 0.5) is 10.5 Å². The number of nitrogens with two attached hydrogens (primary N) is 1. The molecule has 1 aromatic carbocycles. The fourth-order valence-corrected chi connectivity index (χ4v) is 1.56. The van der Waals surface area contributed by atoms with Crippen LogP contribution in [-0.2, 0) is 0 Å². The van der Waals surface area contributed by atoms with Gasteiger partial charge in [0.25, 0.3) is 0 Å². The highest BCUT2D eigenvalue weighted by Gasteiger charge is 2.21. The minimum atomic E-state index is -0.281. The van der Waals surface area contributed by atoms with E-state index in [1.54, 1.807) is 31.4 Å². The highest BCUT2D eigenvalue weighted by molar-refractivity contribution is 6.02. The lowest BCUT2D eigenvalue weighted by Gasteiger charge is -2.16. The van der Waals surface area contributed by atoms with Gasteiger partial charge in [-0.1, -0.05) is 6.07 Å². The molecule has 0 unspecified atom stereocenters. The van der Waals surface area contributed by atoms with Crippen LogP contribution in [0.2, 0.25) is 0 Å². The van der Waals surface area contributed by atoms with Crippen molar-refractivity contribution >= 4 is 17.7 Å². The quantitative estimate of drug-likeness (QED) is 0.796. The van der Waals surface area contributed by atoms with E-state index in [1.165, 1.54) is 4.90 Å². The number of amides is 2. The summed E-state index contributed by atoms with van der Waals surface area (Å²) < 4.78 is 5.07. The fraction of sp³-hybridized carbons (Fsp3) is 0.273. The van der Waals surface area contributed by atoms with Gasteiger partial charge in [0.1, 0.15) is 5.75 Å². The zero-order valence-corrected chi connectivity index (χ0v) is 9.51. The molecule has 90 valence electrons. The Bertz CT molecular complexity index is 459. The van der Waals surface area contributed by atoms with E-state index < -0.39 is 0 Å². The summed E-state index contributed by atoms with van der Waals surface area (Å²) in [6.45, 7) is 1.07. The van der Waals surface area contributed by atoms with Crippen molar-refractivity contribution in [1.82, 2.24) is 4.90 Å². The number of carbonyl (C=O) groups excluding carboxylic acids is 1. The number of aliphatic imine (C=N–C) groups is 1. The number of guanidine groups is 1. The normalized spacial score (nSPS) is 14.4. The Balaban J connectivity index is 2.05. The second-order valence-electron chi connectivity index (χ2n) is 3.55. The van der Waals surface area contributed by atoms with E-state index in [1.807, 2.05) is 0 Å². The summed E-state index contributed by atoms with van der Waals surface area (Å²) >= 11 is 0. The van der Waals surface area contributed by atoms with Crippen LogP contribution < -0.4 is 15.8 Å². The Morgan fingerprint density at radius 2 is 2.41 bits per heavy atom. The third kappa shape index (κ3) is 2.47. The third-order valence-electron chi connectivity index (χ3n) is 2.44. The van der Waals surface area contributed by atoms with Crippen LogP contribution in [0.5, 0.6) is 5.75 Å². The van der Waals surface area contributed by atoms with Gasteiger partial charge in [-0.25, -0.2) is 4.79 Å². The van der Waals surface area contributed by atoms with Crippen molar-refractivity contribution in [1.29, 1.82) is 0 Å². The van der Waals surface area contributed by atoms with Crippen molar-refractivity contribution in [3.63, 3.8) is 0 Å². The molecule has 0 spiro atoms. The van der Waals surface area contributed by atoms with Crippen LogP contribution in [0, 0.1) is 0 Å². The van der Waals surface area contributed by atoms with Crippen molar-refractivity contribution < 1.29 is 9.53 Å². The van der Waals surface area contributed by atoms with Crippen LogP contribution in [0.3, 0.4) is 0 Å². The van der Waals surface area contributed by atoms with Gasteiger partial charge in [0.05, 0.1) is 20.2 Å². The summed E-state index contributed by atoms with van der Waals surface area (Å²) in [5.41, 5.74) is 6.24. The molecule has 17 heavy (non-hydrogen) atoms. The SMILES string of the molecule is COc1cccc(NC(=O)N2CCN=C2N)c1. The van der Waals surface area contributed by atoms with Crippen LogP contribution in [0.1, 0.15) is 0 Å². The van der Waals surface area contributed by atoms with Gasteiger partial charge >= 0.3 is 6.03 Å². The molecule has 0 aliphatic carbocycles. The molecule has 2 amide bonds. The van der Waals surface area contributed by atoms with Gasteiger partial charge in [0.15, 0.2) is 5.96 Å². The van der Waals surface area contributed by atoms with Crippen molar-refractivity contribution in [2.24, 2.45) is 10.7 Å². The molecule has 1 aliphatic rings. The summed E-state index contributed by atoms with van der Waals surface area (Å²) in [5.74, 6) is 0.941. The lowest BCUT2D eigenvalue weighted by molar-refractivity contribution is 0.236. The third-order valence-corrected chi connectivity index (χ3v) is 2.44. The van der Waals surface area contributed by atoms with E-state index in [2.05, 4.69) is 10.3 Å². The lowest BCUT2D eigenvalue weighted by atomic mass is 10.3. The molecule has 1 aliphatic heterocycles. The number of benzene rings is 1. The molecule has 0 atom stereocenters. The predicted molar refractivity (Wildman–Crippen MR) is 65.2 cm³/mol. The van der Waals surface area contributed by atoms with E-state index in [-0.39, 0.29) is 12.0 Å². The molecule has 0 bridgehead atoms. The van der Waals surface area contributed by atoms with E-state index in [9.17, 15) is 4.79 Å². The molecule has 0 fully saturated rings. The number of nitrogens with one attached hydrogen (secondary N) is 1. The molecule has 0 saturated carbocycles. The zero-order chi connectivity index (χ0) is 12.3. The van der Waals surface area contributed by atoms with E-state index in [4.69, 9.17) is 10.5 Å². The Hall–Kier alpha value is -2.24. The Morgan fingerprint density at radius 3 is 3.06 bits per heavy atom. The molecule has 6 nitrogen and oxygen atoms in total. The van der Waals surface area contributed by atoms with Crippen LogP contribution in [0.25, 0.3) is 0 Å². The van der Waals surface area contributed by atoms with Gasteiger partial charge in [-0.15, -0.1) is 0 Å². The van der Waals surface area contributed by atoms with Crippen molar-refractivity contribution in [2.45, 2.75) is 0 Å². The predicted octanol–water partition coefficient (Wildman–Crippen LogP) is 0.857. The summed E-state index contributed by atoms with van der Waals surface area (Å²) in [7, 11) is 1.58. The Labute approximate surface area is 99.1 Å². The average Bonchev–Trinajstić information content (AvgIpc) is 2.76. The van der Waals surface area contributed by atoms with Gasteiger partial charge in [0.2, 0.25) is 0 Å². The number of hydrogen-bond acceptors (Lipinski definition) is 4. The maximum atomic E-state index is 11.8. The smallest absolute Gasteiger partial charge is 0.328 e. The second-order valence-corrected chi connectivity index (χ2v) is 3.55. The number of ether oxygens (including phenoxy) is 1. The standard InChI is InChI=1S/C11H14N4O2/c1-17-9-4-2-3-8(7-9)14-11(16)15-6-5-13-10(15)12/h2-4,7H,5-6H2,1H3,(H2,12,13)(H,14,16). The first-order valence-electron chi connectivity index (χ1n) is 5.23. The maximum absolute atomic E-state index is 11.8. The molecular formula is C11H14N4O2. The number of anilines is 1. The first kappa shape index (κ1) is 11.3. The number of carbonyl (C=O) groups is 1. The molecule has 6 heteroatoms. The molecule has 3 N–H and O–H groups in total. The molecule has 1 aromatic rings. The van der Waals surface area contributed by atoms with Crippen LogP contribution >= 0.6 is 0 Å². The van der Waals surface area contributed by atoms with E-state index in [0.717, 1.165) is 0 Å². The molecule has 1 heterocycles. The summed E-state index contributed by atoms with van der Waals surface area (Å²) in [6, 6.07) is 6.85. The van der Waals surface area contributed by atoms with Gasteiger partial charge in [-0.2, -0.15) is 0 Å². The lowest BCUT2D eigenvalue weighted by Crippen LogP contribution is -2.41. The molecule has 0 saturated heterocycles. The minimum absolute atomic E-state index is 0.255. The monoisotopic (exact) mass is 234 g/mol. The Kier molecular flexibility index (Phi) is 3.13. The second kappa shape index (κ2) is 4.73. The van der Waals surface area contributed by atoms with Crippen LogP contribution in [-0.4, -0.2) is 37.1 Å². The Morgan fingerprint density at radius 1 is 1.59 bits per heavy atom. The number of hydrogen-bond donors (Lipinski definition) is 2. The topological polar surface area (TPSA) is 80.0 Å². The van der Waals surface area contributed by atoms with Gasteiger partial charge in [-0.3, -0.25) is 9.89 Å². The number of methoxy groups -OCH3 is 1. The first-order chi connectivity index (χ1) is 8.20. The van der Waals surface area contributed by atoms with E-state index >= 15 is 0 Å². The maximum Gasteiger partial charge on any atom is 0.328 e. The van der Waals surface area contributed by atoms with E-state index in [0.29, 0.717) is 24.5 Å². The van der Waals surface area contributed by atoms with Gasteiger partial charge in [0, 0.05) is 11.8 Å². The fourth-order valence-electron chi connectivity index (χ4n) is 1.56. The average molecular weight is 234 g/mol. The molecule has 0 radical (unpaired) electrons. The first-order valence-corrected chi connectivity index (χ1v) is 5.23. The zero-order valence-electron chi connectivity index (χ0n) is 9.51. The van der Waals surface area contributed by atoms with Crippen molar-refractivity contribution in [3.8, 4) is 5.75 Å². The van der Waals surface area contributed by atoms with Gasteiger partial charge in [-0.05, 0) is 12.1 Å². The largest absolute Gasteiger partial charge is 0.497 e. The minimum Gasteiger partial charge on any atom is -0.497 e. The summed E-state index contributed by atoms with van der Waals surface area (Å²) in [5, 5.41) is 2.74. The molecule has 0 aromatic heterocycles. The molecule has 2 rings (SSSR count). The van der Waals surface area contributed by atoms with Crippen LogP contribution in [0.15, 0.2) is 29.3 Å². The highest BCUT2D eigenvalue weighted by Crippen LogP contribution is 2.17. The summed E-state index contributed by atoms with van der Waals surface area (Å²) in [4.78, 5) is 17.2. The number of rotatable bonds is 2. The number of nitrogens with zero attached hydrogens (tertiary/aromatic N) is 2. The van der Waals surface area contributed by atoms with Crippen molar-refractivity contribution in [3.05, 3.63) is 24.3 Å². The van der Waals surface area contributed by atoms with Crippen molar-refractivity contribution in [2.75, 3.05) is 25.5 Å². The van der Waals surface area contributed by atoms with Gasteiger partial charge < -0.3 is 15.8 Å². The summed E-state index contributed by atoms with van der Waals surface area (Å²) in [6.07, 6.45) is 0.